The molecule has 0 atom stereocenters. The third kappa shape index (κ3) is 1.55. The first-order valence-corrected chi connectivity index (χ1v) is 4.01. The van der Waals surface area contributed by atoms with Crippen molar-refractivity contribution >= 4 is 13.7 Å². The molecule has 0 radical (unpaired) electrons. The molecule has 1 aliphatic rings. The van der Waals surface area contributed by atoms with Crippen LogP contribution in [-0.2, 0) is 0 Å². The molecule has 1 heterocycles. The normalized spacial score (nSPS) is 24.0. The zero-order valence-electron chi connectivity index (χ0n) is 7.46. The molecule has 0 aromatic carbocycles. The number of nitrogens with zero attached hydrogens (tertiary/aromatic N) is 2. The monoisotopic (exact) mass is 138 g/mol. The molecule has 2 nitrogen and oxygen atoms in total. The Kier molecular flexibility index (Phi) is 2.42. The molecule has 0 aromatic heterocycles. The smallest absolute Gasteiger partial charge is 0.232 e. The van der Waals surface area contributed by atoms with Crippen LogP contribution in [-0.4, -0.2) is 50.3 Å². The number of hydrogen-bond donors (Lipinski definition) is 0. The fraction of sp³-hybridized carbons (Fsp3) is 1.00. The van der Waals surface area contributed by atoms with Gasteiger partial charge in [0.05, 0.1) is 0 Å². The quantitative estimate of drug-likeness (QED) is 0.440. The van der Waals surface area contributed by atoms with Crippen LogP contribution in [0, 0.1) is 0 Å². The Labute approximate surface area is 64.8 Å². The summed E-state index contributed by atoms with van der Waals surface area (Å²) in [4.78, 5) is 4.84. The van der Waals surface area contributed by atoms with E-state index in [-0.39, 0.29) is 0 Å². The first-order chi connectivity index (χ1) is 4.61. The van der Waals surface area contributed by atoms with Crippen molar-refractivity contribution in [3.63, 3.8) is 0 Å². The summed E-state index contributed by atoms with van der Waals surface area (Å²) in [5.41, 5.74) is 0. The van der Waals surface area contributed by atoms with Gasteiger partial charge in [-0.05, 0) is 27.0 Å². The van der Waals surface area contributed by atoms with Crippen LogP contribution in [0.3, 0.4) is 0 Å². The van der Waals surface area contributed by atoms with Crippen molar-refractivity contribution in [3.8, 4) is 0 Å². The molecule has 0 bridgehead atoms. The van der Waals surface area contributed by atoms with Crippen molar-refractivity contribution in [2.24, 2.45) is 0 Å². The van der Waals surface area contributed by atoms with Crippen LogP contribution >= 0.6 is 0 Å². The van der Waals surface area contributed by atoms with E-state index in [1.807, 2.05) is 0 Å². The molecule has 0 aromatic rings. The second-order valence-corrected chi connectivity index (χ2v) is 3.58. The SMILES string of the molecule is CB1CN(C)B(C)CN1C. The predicted octanol–water partition coefficient (Wildman–Crippen LogP) is 0.185. The molecule has 1 saturated heterocycles. The molecule has 1 fully saturated rings. The van der Waals surface area contributed by atoms with E-state index in [2.05, 4.69) is 37.4 Å². The molecule has 0 spiro atoms. The largest absolute Gasteiger partial charge is 0.349 e. The molecule has 0 unspecified atom stereocenters. The Hall–Kier alpha value is 0.0499. The van der Waals surface area contributed by atoms with Crippen LogP contribution in [0.25, 0.3) is 0 Å². The van der Waals surface area contributed by atoms with Crippen LogP contribution < -0.4 is 0 Å². The van der Waals surface area contributed by atoms with E-state index in [1.54, 1.807) is 0 Å². The van der Waals surface area contributed by atoms with E-state index in [4.69, 9.17) is 0 Å². The summed E-state index contributed by atoms with van der Waals surface area (Å²) in [6.07, 6.45) is 2.41. The number of rotatable bonds is 0. The van der Waals surface area contributed by atoms with Crippen LogP contribution in [0.5, 0.6) is 0 Å². The topological polar surface area (TPSA) is 6.48 Å². The van der Waals surface area contributed by atoms with Crippen LogP contribution in [0.15, 0.2) is 0 Å². The van der Waals surface area contributed by atoms with Crippen molar-refractivity contribution in [2.75, 3.05) is 27.0 Å². The molecule has 56 valence electrons. The molecule has 10 heavy (non-hydrogen) atoms. The highest BCUT2D eigenvalue weighted by atomic mass is 15.1. The van der Waals surface area contributed by atoms with Gasteiger partial charge in [0.1, 0.15) is 0 Å². The summed E-state index contributed by atoms with van der Waals surface area (Å²) in [6, 6.07) is 0. The first-order valence-electron chi connectivity index (χ1n) is 4.01. The van der Waals surface area contributed by atoms with Gasteiger partial charge in [0.15, 0.2) is 0 Å². The van der Waals surface area contributed by atoms with E-state index in [0.29, 0.717) is 0 Å². The van der Waals surface area contributed by atoms with Crippen molar-refractivity contribution in [2.45, 2.75) is 13.6 Å². The summed E-state index contributed by atoms with van der Waals surface area (Å²) < 4.78 is 0. The van der Waals surface area contributed by atoms with Crippen molar-refractivity contribution < 1.29 is 0 Å². The summed E-state index contributed by atoms with van der Waals surface area (Å²) in [5, 5.41) is 0. The maximum Gasteiger partial charge on any atom is 0.232 e. The van der Waals surface area contributed by atoms with Gasteiger partial charge in [-0.3, -0.25) is 0 Å². The van der Waals surface area contributed by atoms with E-state index < -0.39 is 0 Å². The van der Waals surface area contributed by atoms with E-state index in [0.717, 1.165) is 13.7 Å². The zero-order chi connectivity index (χ0) is 7.72. The van der Waals surface area contributed by atoms with Gasteiger partial charge in [0.25, 0.3) is 0 Å². The Balaban J connectivity index is 2.46. The average molecular weight is 138 g/mol. The van der Waals surface area contributed by atoms with E-state index in [9.17, 15) is 0 Å². The lowest BCUT2D eigenvalue weighted by Crippen LogP contribution is -2.58. The lowest BCUT2D eigenvalue weighted by atomic mass is 9.49. The Morgan fingerprint density at radius 1 is 0.900 bits per heavy atom. The van der Waals surface area contributed by atoms with Crippen molar-refractivity contribution in [1.29, 1.82) is 0 Å². The Morgan fingerprint density at radius 2 is 1.20 bits per heavy atom. The van der Waals surface area contributed by atoms with Gasteiger partial charge in [-0.25, -0.2) is 0 Å². The van der Waals surface area contributed by atoms with E-state index in [1.165, 1.54) is 12.9 Å². The molecule has 0 amide bonds. The third-order valence-corrected chi connectivity index (χ3v) is 2.61. The Bertz CT molecular complexity index is 94.3. The minimum atomic E-state index is 0.723. The lowest BCUT2D eigenvalue weighted by Gasteiger charge is -2.37. The van der Waals surface area contributed by atoms with Gasteiger partial charge in [-0.2, -0.15) is 0 Å². The predicted molar refractivity (Wildman–Crippen MR) is 48.5 cm³/mol. The third-order valence-electron chi connectivity index (χ3n) is 2.61. The standard InChI is InChI=1S/C6H16B2N2/c1-7-5-10(4)8(2)6-9(7)3/h5-6H2,1-4H3. The molecule has 4 heteroatoms. The maximum atomic E-state index is 2.42. The fourth-order valence-electron chi connectivity index (χ4n) is 1.47. The summed E-state index contributed by atoms with van der Waals surface area (Å²) in [5.74, 6) is 0. The second kappa shape index (κ2) is 2.97. The van der Waals surface area contributed by atoms with Gasteiger partial charge in [-0.15, -0.1) is 0 Å². The molecule has 0 saturated carbocycles. The molecule has 1 aliphatic heterocycles. The van der Waals surface area contributed by atoms with Gasteiger partial charge in [0.2, 0.25) is 13.7 Å². The molecule has 1 rings (SSSR count). The van der Waals surface area contributed by atoms with Crippen molar-refractivity contribution in [1.82, 2.24) is 9.62 Å². The highest BCUT2D eigenvalue weighted by Crippen LogP contribution is 2.05. The van der Waals surface area contributed by atoms with Crippen LogP contribution in [0.1, 0.15) is 0 Å². The van der Waals surface area contributed by atoms with Gasteiger partial charge >= 0.3 is 0 Å². The zero-order valence-corrected chi connectivity index (χ0v) is 7.46. The summed E-state index contributed by atoms with van der Waals surface area (Å²) in [7, 11) is 4.41. The summed E-state index contributed by atoms with van der Waals surface area (Å²) in [6.45, 7) is 6.01. The summed E-state index contributed by atoms with van der Waals surface area (Å²) >= 11 is 0. The second-order valence-electron chi connectivity index (χ2n) is 3.58. The van der Waals surface area contributed by atoms with E-state index >= 15 is 0 Å². The average Bonchev–Trinajstić information content (AvgIpc) is 1.84. The van der Waals surface area contributed by atoms with Crippen LogP contribution in [0.4, 0.5) is 0 Å². The van der Waals surface area contributed by atoms with Gasteiger partial charge < -0.3 is 9.62 Å². The highest BCUT2D eigenvalue weighted by Gasteiger charge is 2.28. The minimum absolute atomic E-state index is 0.723. The first kappa shape index (κ1) is 8.15. The maximum absolute atomic E-state index is 2.42. The molecular weight excluding hydrogens is 122 g/mol. The lowest BCUT2D eigenvalue weighted by molar-refractivity contribution is 0.484. The minimum Gasteiger partial charge on any atom is -0.349 e. The van der Waals surface area contributed by atoms with Gasteiger partial charge in [-0.1, -0.05) is 13.6 Å². The number of hydrogen-bond acceptors (Lipinski definition) is 2. The molecule has 0 N–H and O–H groups in total. The fourth-order valence-corrected chi connectivity index (χ4v) is 1.47. The van der Waals surface area contributed by atoms with Gasteiger partial charge in [0, 0.05) is 0 Å². The molecular formula is C6H16B2N2. The van der Waals surface area contributed by atoms with Crippen molar-refractivity contribution in [3.05, 3.63) is 0 Å². The Morgan fingerprint density at radius 3 is 1.50 bits per heavy atom. The molecule has 0 aliphatic carbocycles. The van der Waals surface area contributed by atoms with Crippen LogP contribution in [0.2, 0.25) is 13.6 Å². The highest BCUT2D eigenvalue weighted by molar-refractivity contribution is 6.64.